The number of nitrogens with zero attached hydrogens (tertiary/aromatic N) is 5. The van der Waals surface area contributed by atoms with Crippen molar-refractivity contribution in [3.63, 3.8) is 0 Å². The Balaban J connectivity index is 1.33. The van der Waals surface area contributed by atoms with Crippen molar-refractivity contribution in [2.75, 3.05) is 31.6 Å². The highest BCUT2D eigenvalue weighted by Gasteiger charge is 2.21. The van der Waals surface area contributed by atoms with E-state index in [-0.39, 0.29) is 35.9 Å². The van der Waals surface area contributed by atoms with Gasteiger partial charge in [0.1, 0.15) is 17.9 Å². The molecule has 0 unspecified atom stereocenters. The molecule has 5 rings (SSSR count). The van der Waals surface area contributed by atoms with Gasteiger partial charge in [0, 0.05) is 37.1 Å². The molecule has 1 aliphatic carbocycles. The van der Waals surface area contributed by atoms with Crippen LogP contribution in [0.3, 0.4) is 0 Å². The highest BCUT2D eigenvalue weighted by molar-refractivity contribution is 5.93. The van der Waals surface area contributed by atoms with E-state index in [9.17, 15) is 14.4 Å². The first-order valence-corrected chi connectivity index (χ1v) is 11.8. The molecule has 0 atom stereocenters. The summed E-state index contributed by atoms with van der Waals surface area (Å²) in [4.78, 5) is 50.9. The van der Waals surface area contributed by atoms with Crippen molar-refractivity contribution in [2.24, 2.45) is 0 Å². The summed E-state index contributed by atoms with van der Waals surface area (Å²) in [7, 11) is 0. The van der Waals surface area contributed by atoms with Crippen LogP contribution in [-0.2, 0) is 11.3 Å². The molecule has 4 heterocycles. The molecule has 1 amide bonds. The van der Waals surface area contributed by atoms with Gasteiger partial charge in [-0.25, -0.2) is 9.36 Å². The Labute approximate surface area is 200 Å². The zero-order valence-corrected chi connectivity index (χ0v) is 19.2. The van der Waals surface area contributed by atoms with Gasteiger partial charge >= 0.3 is 5.69 Å². The van der Waals surface area contributed by atoms with Gasteiger partial charge < -0.3 is 24.5 Å². The van der Waals surface area contributed by atoms with Crippen molar-refractivity contribution >= 4 is 11.6 Å². The lowest BCUT2D eigenvalue weighted by Crippen LogP contribution is -2.41. The fourth-order valence-electron chi connectivity index (χ4n) is 4.41. The lowest BCUT2D eigenvalue weighted by Gasteiger charge is -2.26. The molecule has 3 aromatic rings. The Morgan fingerprint density at radius 1 is 1.17 bits per heavy atom. The van der Waals surface area contributed by atoms with Crippen LogP contribution in [0.15, 0.2) is 38.6 Å². The van der Waals surface area contributed by atoms with Gasteiger partial charge in [-0.3, -0.25) is 14.6 Å². The number of anilines is 1. The Morgan fingerprint density at radius 3 is 2.77 bits per heavy atom. The zero-order valence-electron chi connectivity index (χ0n) is 19.2. The molecule has 1 saturated carbocycles. The molecule has 35 heavy (non-hydrogen) atoms. The average Bonchev–Trinajstić information content (AvgIpc) is 3.38. The van der Waals surface area contributed by atoms with Gasteiger partial charge in [0.15, 0.2) is 0 Å². The number of carbonyl (C=O) groups excluding carboxylic acids is 1. The number of aromatic amines is 1. The number of morpholine rings is 1. The maximum absolute atomic E-state index is 12.9. The number of H-pyrrole nitrogens is 1. The summed E-state index contributed by atoms with van der Waals surface area (Å²) in [6.07, 6.45) is 8.35. The second kappa shape index (κ2) is 10.2. The Hall–Kier alpha value is -3.80. The van der Waals surface area contributed by atoms with Gasteiger partial charge in [0.25, 0.3) is 11.5 Å². The molecule has 0 spiro atoms. The van der Waals surface area contributed by atoms with Gasteiger partial charge in [0.05, 0.1) is 13.2 Å². The number of rotatable bonds is 6. The molecule has 12 heteroatoms. The quantitative estimate of drug-likeness (QED) is 0.530. The number of hydrogen-bond donors (Lipinski definition) is 2. The number of aromatic nitrogens is 5. The van der Waals surface area contributed by atoms with Crippen molar-refractivity contribution in [3.05, 3.63) is 56.9 Å². The normalized spacial score (nSPS) is 16.9. The molecule has 0 bridgehead atoms. The minimum atomic E-state index is -0.564. The molecular weight excluding hydrogens is 454 g/mol. The summed E-state index contributed by atoms with van der Waals surface area (Å²) in [5, 5.41) is 7.23. The highest BCUT2D eigenvalue weighted by atomic mass is 16.5. The van der Waals surface area contributed by atoms with E-state index in [0.29, 0.717) is 37.6 Å². The summed E-state index contributed by atoms with van der Waals surface area (Å²) < 4.78 is 11.6. The average molecular weight is 482 g/mol. The lowest BCUT2D eigenvalue weighted by atomic mass is 9.95. The second-order valence-electron chi connectivity index (χ2n) is 8.72. The molecule has 0 radical (unpaired) electrons. The number of hydrogen-bond acceptors (Lipinski definition) is 9. The Bertz CT molecular complexity index is 1300. The molecular formula is C23H27N7O5. The van der Waals surface area contributed by atoms with Crippen molar-refractivity contribution in [1.82, 2.24) is 29.6 Å². The van der Waals surface area contributed by atoms with E-state index >= 15 is 0 Å². The third-order valence-corrected chi connectivity index (χ3v) is 6.32. The smallest absolute Gasteiger partial charge is 0.328 e. The van der Waals surface area contributed by atoms with E-state index in [2.05, 4.69) is 25.4 Å². The molecule has 3 aromatic heterocycles. The molecule has 0 aromatic carbocycles. The van der Waals surface area contributed by atoms with E-state index in [1.807, 2.05) is 0 Å². The summed E-state index contributed by atoms with van der Waals surface area (Å²) >= 11 is 0. The molecule has 1 saturated heterocycles. The van der Waals surface area contributed by atoms with Crippen LogP contribution in [-0.4, -0.2) is 67.8 Å². The maximum atomic E-state index is 12.9. The van der Waals surface area contributed by atoms with E-state index in [4.69, 9.17) is 9.26 Å². The zero-order chi connectivity index (χ0) is 24.2. The summed E-state index contributed by atoms with van der Waals surface area (Å²) in [5.74, 6) is 0.138. The minimum absolute atomic E-state index is 0.0975. The van der Waals surface area contributed by atoms with Crippen LogP contribution in [0.25, 0.3) is 11.4 Å². The predicted octanol–water partition coefficient (Wildman–Crippen LogP) is 1.25. The van der Waals surface area contributed by atoms with Crippen LogP contribution in [0, 0.1) is 0 Å². The summed E-state index contributed by atoms with van der Waals surface area (Å²) in [6.45, 7) is 1.83. The second-order valence-corrected chi connectivity index (χ2v) is 8.72. The van der Waals surface area contributed by atoms with Crippen molar-refractivity contribution in [2.45, 2.75) is 44.7 Å². The van der Waals surface area contributed by atoms with Gasteiger partial charge in [-0.1, -0.05) is 24.4 Å². The fourth-order valence-corrected chi connectivity index (χ4v) is 4.41. The number of carbonyl (C=O) groups is 1. The minimum Gasteiger partial charge on any atom is -0.378 e. The van der Waals surface area contributed by atoms with E-state index in [1.54, 1.807) is 17.0 Å². The molecule has 2 N–H and O–H groups in total. The number of amides is 1. The van der Waals surface area contributed by atoms with Gasteiger partial charge in [-0.15, -0.1) is 0 Å². The first-order chi connectivity index (χ1) is 17.1. The van der Waals surface area contributed by atoms with Crippen molar-refractivity contribution in [1.29, 1.82) is 0 Å². The Kier molecular flexibility index (Phi) is 6.70. The van der Waals surface area contributed by atoms with Gasteiger partial charge in [0.2, 0.25) is 11.7 Å². The molecule has 1 aliphatic heterocycles. The molecule has 12 nitrogen and oxygen atoms in total. The molecule has 2 fully saturated rings. The standard InChI is InChI=1S/C23H27N7O5/c31-21(29-8-10-34-11-9-29)17-12-15(6-7-24-17)20-27-19(35-28-20)14-30-22(32)18(13-25-23(30)33)26-16-4-2-1-3-5-16/h6-7,12-13,16,26H,1-5,8-11,14H2,(H,25,33). The van der Waals surface area contributed by atoms with E-state index < -0.39 is 11.2 Å². The number of ether oxygens (including phenoxy) is 1. The SMILES string of the molecule is O=C(c1cc(-c2noc(Cn3c(=O)[nH]cc(NC4CCCCC4)c3=O)n2)ccn1)N1CCOCC1. The predicted molar refractivity (Wildman–Crippen MR) is 125 cm³/mol. The first kappa shape index (κ1) is 23.0. The van der Waals surface area contributed by atoms with Crippen LogP contribution >= 0.6 is 0 Å². The number of nitrogens with one attached hydrogen (secondary N) is 2. The van der Waals surface area contributed by atoms with Crippen LogP contribution in [0.1, 0.15) is 48.5 Å². The topological polar surface area (TPSA) is 148 Å². The van der Waals surface area contributed by atoms with Crippen LogP contribution in [0.2, 0.25) is 0 Å². The number of pyridine rings is 1. The van der Waals surface area contributed by atoms with Crippen LogP contribution in [0.4, 0.5) is 5.69 Å². The Morgan fingerprint density at radius 2 is 1.97 bits per heavy atom. The van der Waals surface area contributed by atoms with Crippen LogP contribution < -0.4 is 16.6 Å². The van der Waals surface area contributed by atoms with Gasteiger partial charge in [-0.2, -0.15) is 4.98 Å². The maximum Gasteiger partial charge on any atom is 0.328 e. The van der Waals surface area contributed by atoms with E-state index in [0.717, 1.165) is 30.3 Å². The third kappa shape index (κ3) is 5.16. The largest absolute Gasteiger partial charge is 0.378 e. The first-order valence-electron chi connectivity index (χ1n) is 11.8. The summed E-state index contributed by atoms with van der Waals surface area (Å²) in [6, 6.07) is 3.48. The lowest BCUT2D eigenvalue weighted by molar-refractivity contribution is 0.0299. The fraction of sp³-hybridized carbons (Fsp3) is 0.478. The van der Waals surface area contributed by atoms with E-state index in [1.165, 1.54) is 18.8 Å². The van der Waals surface area contributed by atoms with Crippen molar-refractivity contribution in [3.8, 4) is 11.4 Å². The van der Waals surface area contributed by atoms with Gasteiger partial charge in [-0.05, 0) is 25.0 Å². The van der Waals surface area contributed by atoms with Crippen molar-refractivity contribution < 1.29 is 14.1 Å². The molecule has 184 valence electrons. The summed E-state index contributed by atoms with van der Waals surface area (Å²) in [5.41, 5.74) is 0.148. The molecule has 2 aliphatic rings. The monoisotopic (exact) mass is 481 g/mol. The third-order valence-electron chi connectivity index (χ3n) is 6.32. The highest BCUT2D eigenvalue weighted by Crippen LogP contribution is 2.20. The van der Waals surface area contributed by atoms with Crippen LogP contribution in [0.5, 0.6) is 0 Å².